The van der Waals surface area contributed by atoms with Crippen molar-refractivity contribution in [1.82, 2.24) is 0 Å². The molecule has 2 aromatic carbocycles. The van der Waals surface area contributed by atoms with Gasteiger partial charge in [-0.3, -0.25) is 4.79 Å². The van der Waals surface area contributed by atoms with Gasteiger partial charge in [0, 0.05) is 10.6 Å². The third-order valence-corrected chi connectivity index (χ3v) is 3.70. The largest absolute Gasteiger partial charge is 0.480 e. The number of halogens is 3. The van der Waals surface area contributed by atoms with E-state index in [0.29, 0.717) is 10.0 Å². The molecule has 0 spiro atoms. The molecule has 2 N–H and O–H groups in total. The number of carboxylic acid groups (broad SMARTS) is 1. The lowest BCUT2D eigenvalue weighted by Gasteiger charge is -2.12. The molecule has 0 aliphatic rings. The number of rotatable bonds is 5. The highest BCUT2D eigenvalue weighted by atomic mass is 35.5. The summed E-state index contributed by atoms with van der Waals surface area (Å²) >= 11 is 17.6. The predicted octanol–water partition coefficient (Wildman–Crippen LogP) is 4.36. The Bertz CT molecular complexity index is 764. The Morgan fingerprint density at radius 1 is 1.04 bits per heavy atom. The highest BCUT2D eigenvalue weighted by molar-refractivity contribution is 6.42. The fourth-order valence-corrected chi connectivity index (χ4v) is 2.17. The van der Waals surface area contributed by atoms with Gasteiger partial charge in [-0.1, -0.05) is 34.8 Å². The van der Waals surface area contributed by atoms with Crippen molar-refractivity contribution in [3.63, 3.8) is 0 Å². The van der Waals surface area contributed by atoms with Crippen LogP contribution < -0.4 is 10.1 Å². The Labute approximate surface area is 146 Å². The molecule has 0 bridgehead atoms. The van der Waals surface area contributed by atoms with Crippen LogP contribution in [0, 0.1) is 0 Å². The van der Waals surface area contributed by atoms with E-state index in [1.54, 1.807) is 0 Å². The van der Waals surface area contributed by atoms with Gasteiger partial charge in [0.15, 0.2) is 6.61 Å². The highest BCUT2D eigenvalue weighted by Crippen LogP contribution is 2.29. The van der Waals surface area contributed by atoms with Gasteiger partial charge < -0.3 is 15.2 Å². The summed E-state index contributed by atoms with van der Waals surface area (Å²) in [5, 5.41) is 12.2. The molecule has 0 heterocycles. The maximum Gasteiger partial charge on any atom is 0.341 e. The molecule has 0 saturated carbocycles. The van der Waals surface area contributed by atoms with E-state index in [1.165, 1.54) is 36.4 Å². The normalized spacial score (nSPS) is 10.2. The van der Waals surface area contributed by atoms with Crippen molar-refractivity contribution in [2.45, 2.75) is 0 Å². The summed E-state index contributed by atoms with van der Waals surface area (Å²) in [5.41, 5.74) is 0.526. The zero-order chi connectivity index (χ0) is 17.0. The molecular weight excluding hydrogens is 365 g/mol. The van der Waals surface area contributed by atoms with Crippen molar-refractivity contribution in [2.24, 2.45) is 0 Å². The number of carboxylic acids is 1. The first kappa shape index (κ1) is 17.4. The number of carbonyl (C=O) groups excluding carboxylic acids is 1. The van der Waals surface area contributed by atoms with Crippen molar-refractivity contribution in [3.8, 4) is 5.75 Å². The number of hydrogen-bond acceptors (Lipinski definition) is 3. The van der Waals surface area contributed by atoms with Crippen molar-refractivity contribution < 1.29 is 19.4 Å². The quantitative estimate of drug-likeness (QED) is 0.815. The molecule has 0 saturated heterocycles. The first-order valence-electron chi connectivity index (χ1n) is 6.27. The molecule has 1 amide bonds. The van der Waals surface area contributed by atoms with Crippen LogP contribution >= 0.6 is 34.8 Å². The average molecular weight is 375 g/mol. The average Bonchev–Trinajstić information content (AvgIpc) is 2.49. The van der Waals surface area contributed by atoms with Crippen LogP contribution in [-0.4, -0.2) is 23.6 Å². The maximum absolute atomic E-state index is 12.3. The second-order valence-corrected chi connectivity index (χ2v) is 5.66. The van der Waals surface area contributed by atoms with E-state index in [-0.39, 0.29) is 22.0 Å². The summed E-state index contributed by atoms with van der Waals surface area (Å²) in [6.07, 6.45) is 0. The van der Waals surface area contributed by atoms with Gasteiger partial charge in [0.2, 0.25) is 0 Å². The maximum atomic E-state index is 12.3. The van der Waals surface area contributed by atoms with Crippen LogP contribution in [0.2, 0.25) is 15.1 Å². The van der Waals surface area contributed by atoms with E-state index < -0.39 is 18.5 Å². The van der Waals surface area contributed by atoms with Crippen LogP contribution in [-0.2, 0) is 4.79 Å². The topological polar surface area (TPSA) is 75.6 Å². The van der Waals surface area contributed by atoms with Gasteiger partial charge in [0.1, 0.15) is 5.75 Å². The fourth-order valence-electron chi connectivity index (χ4n) is 1.70. The summed E-state index contributed by atoms with van der Waals surface area (Å²) in [4.78, 5) is 22.8. The van der Waals surface area contributed by atoms with Crippen LogP contribution in [0.25, 0.3) is 0 Å². The number of ether oxygens (including phenoxy) is 1. The standard InChI is InChI=1S/C15H10Cl3NO4/c16-9-2-4-13(23-7-14(20)21)12(6-9)19-15(22)8-1-3-10(17)11(18)5-8/h1-6H,7H2,(H,19,22)(H,20,21). The zero-order valence-electron chi connectivity index (χ0n) is 11.5. The van der Waals surface area contributed by atoms with Crippen LogP contribution in [0.15, 0.2) is 36.4 Å². The van der Waals surface area contributed by atoms with Crippen molar-refractivity contribution in [3.05, 3.63) is 57.0 Å². The number of hydrogen-bond donors (Lipinski definition) is 2. The summed E-state index contributed by atoms with van der Waals surface area (Å²) in [6.45, 7) is -0.544. The summed E-state index contributed by atoms with van der Waals surface area (Å²) in [5.74, 6) is -1.42. The number of benzene rings is 2. The number of carbonyl (C=O) groups is 2. The van der Waals surface area contributed by atoms with Gasteiger partial charge in [-0.05, 0) is 36.4 Å². The molecule has 2 rings (SSSR count). The van der Waals surface area contributed by atoms with Crippen molar-refractivity contribution in [1.29, 1.82) is 0 Å². The minimum Gasteiger partial charge on any atom is -0.480 e. The van der Waals surface area contributed by atoms with Gasteiger partial charge in [-0.15, -0.1) is 0 Å². The summed E-state index contributed by atoms with van der Waals surface area (Å²) < 4.78 is 5.11. The Morgan fingerprint density at radius 3 is 2.43 bits per heavy atom. The Morgan fingerprint density at radius 2 is 1.78 bits per heavy atom. The second-order valence-electron chi connectivity index (χ2n) is 4.41. The first-order valence-corrected chi connectivity index (χ1v) is 7.41. The number of anilines is 1. The molecule has 0 atom stereocenters. The van der Waals surface area contributed by atoms with Crippen molar-refractivity contribution in [2.75, 3.05) is 11.9 Å². The third-order valence-electron chi connectivity index (χ3n) is 2.72. The molecule has 0 aliphatic carbocycles. The molecular formula is C15H10Cl3NO4. The van der Waals surface area contributed by atoms with E-state index in [0.717, 1.165) is 0 Å². The summed E-state index contributed by atoms with van der Waals surface area (Å²) in [6, 6.07) is 8.86. The van der Waals surface area contributed by atoms with Gasteiger partial charge >= 0.3 is 5.97 Å². The number of nitrogens with one attached hydrogen (secondary N) is 1. The Kier molecular flexibility index (Phi) is 5.71. The van der Waals surface area contributed by atoms with Crippen LogP contribution in [0.1, 0.15) is 10.4 Å². The lowest BCUT2D eigenvalue weighted by Crippen LogP contribution is -2.15. The van der Waals surface area contributed by atoms with E-state index in [1.807, 2.05) is 0 Å². The van der Waals surface area contributed by atoms with Gasteiger partial charge in [0.05, 0.1) is 15.7 Å². The number of aliphatic carboxylic acids is 1. The minimum absolute atomic E-state index is 0.185. The minimum atomic E-state index is -1.14. The molecule has 23 heavy (non-hydrogen) atoms. The molecule has 8 heteroatoms. The van der Waals surface area contributed by atoms with Gasteiger partial charge in [-0.25, -0.2) is 4.79 Å². The highest BCUT2D eigenvalue weighted by Gasteiger charge is 2.13. The molecule has 0 radical (unpaired) electrons. The van der Waals surface area contributed by atoms with Gasteiger partial charge in [-0.2, -0.15) is 0 Å². The molecule has 0 aliphatic heterocycles. The van der Waals surface area contributed by atoms with Crippen molar-refractivity contribution >= 4 is 52.4 Å². The van der Waals surface area contributed by atoms with Gasteiger partial charge in [0.25, 0.3) is 5.91 Å². The fraction of sp³-hybridized carbons (Fsp3) is 0.0667. The SMILES string of the molecule is O=C(O)COc1ccc(Cl)cc1NC(=O)c1ccc(Cl)c(Cl)c1. The van der Waals surface area contributed by atoms with E-state index in [2.05, 4.69) is 5.32 Å². The van der Waals surface area contributed by atoms with Crippen LogP contribution in [0.3, 0.4) is 0 Å². The molecule has 0 fully saturated rings. The molecule has 120 valence electrons. The predicted molar refractivity (Wildman–Crippen MR) is 89.0 cm³/mol. The van der Waals surface area contributed by atoms with Crippen LogP contribution in [0.4, 0.5) is 5.69 Å². The molecule has 0 unspecified atom stereocenters. The smallest absolute Gasteiger partial charge is 0.341 e. The molecule has 2 aromatic rings. The monoisotopic (exact) mass is 373 g/mol. The second kappa shape index (κ2) is 7.55. The summed E-state index contributed by atoms with van der Waals surface area (Å²) in [7, 11) is 0. The number of amides is 1. The zero-order valence-corrected chi connectivity index (χ0v) is 13.7. The first-order chi connectivity index (χ1) is 10.9. The van der Waals surface area contributed by atoms with Crippen LogP contribution in [0.5, 0.6) is 5.75 Å². The Balaban J connectivity index is 2.23. The molecule has 5 nitrogen and oxygen atoms in total. The third kappa shape index (κ3) is 4.76. The van der Waals surface area contributed by atoms with E-state index >= 15 is 0 Å². The molecule has 0 aromatic heterocycles. The van der Waals surface area contributed by atoms with E-state index in [9.17, 15) is 9.59 Å². The Hall–Kier alpha value is -1.95. The lowest BCUT2D eigenvalue weighted by atomic mass is 10.2. The van der Waals surface area contributed by atoms with E-state index in [4.69, 9.17) is 44.6 Å². The lowest BCUT2D eigenvalue weighted by molar-refractivity contribution is -0.139.